The van der Waals surface area contributed by atoms with Crippen LogP contribution in [0.3, 0.4) is 0 Å². The smallest absolute Gasteiger partial charge is 0.277 e. The van der Waals surface area contributed by atoms with Gasteiger partial charge in [0, 0.05) is 0 Å². The van der Waals surface area contributed by atoms with Gasteiger partial charge in [0.15, 0.2) is 5.69 Å². The molecule has 2 heterocycles. The normalized spacial score (nSPS) is 10.6. The number of benzene rings is 1. The third-order valence-electron chi connectivity index (χ3n) is 2.72. The molecule has 9 nitrogen and oxygen atoms in total. The third kappa shape index (κ3) is 1.86. The van der Waals surface area contributed by atoms with Crippen molar-refractivity contribution in [2.75, 3.05) is 5.32 Å². The quantitative estimate of drug-likeness (QED) is 0.502. The highest BCUT2D eigenvalue weighted by molar-refractivity contribution is 6.07. The molecule has 0 radical (unpaired) electrons. The second kappa shape index (κ2) is 4.46. The highest BCUT2D eigenvalue weighted by atomic mass is 16.2. The van der Waals surface area contributed by atoms with E-state index in [1.54, 1.807) is 6.07 Å². The molecule has 0 fully saturated rings. The number of nitrogens with zero attached hydrogens (tertiary/aromatic N) is 2. The van der Waals surface area contributed by atoms with E-state index in [0.717, 1.165) is 0 Å². The predicted octanol–water partition coefficient (Wildman–Crippen LogP) is -0.413. The van der Waals surface area contributed by atoms with Gasteiger partial charge < -0.3 is 5.32 Å². The molecule has 0 bridgehead atoms. The van der Waals surface area contributed by atoms with E-state index in [4.69, 9.17) is 0 Å². The van der Waals surface area contributed by atoms with Crippen molar-refractivity contribution in [3.05, 3.63) is 50.8 Å². The molecule has 0 atom stereocenters. The van der Waals surface area contributed by atoms with Crippen molar-refractivity contribution < 1.29 is 4.79 Å². The Morgan fingerprint density at radius 3 is 2.70 bits per heavy atom. The van der Waals surface area contributed by atoms with E-state index in [1.165, 1.54) is 18.3 Å². The van der Waals surface area contributed by atoms with Gasteiger partial charge in [-0.25, -0.2) is 0 Å². The first-order chi connectivity index (χ1) is 9.66. The number of hydrogen-bond acceptors (Lipinski definition) is 5. The van der Waals surface area contributed by atoms with Gasteiger partial charge in [0.1, 0.15) is 0 Å². The molecule has 0 saturated carbocycles. The van der Waals surface area contributed by atoms with Crippen LogP contribution in [0.25, 0.3) is 10.8 Å². The molecule has 1 amide bonds. The number of aromatic amines is 3. The molecule has 0 aliphatic rings. The Hall–Kier alpha value is -3.23. The molecular formula is C11H8N6O3. The number of amides is 1. The van der Waals surface area contributed by atoms with Crippen LogP contribution in [0.1, 0.15) is 10.5 Å². The van der Waals surface area contributed by atoms with Gasteiger partial charge in [-0.1, -0.05) is 6.07 Å². The summed E-state index contributed by atoms with van der Waals surface area (Å²) in [4.78, 5) is 35.3. The van der Waals surface area contributed by atoms with Crippen molar-refractivity contribution >= 4 is 22.4 Å². The Balaban J connectivity index is 2.13. The molecule has 0 aliphatic heterocycles. The molecule has 0 spiro atoms. The van der Waals surface area contributed by atoms with Crippen LogP contribution < -0.4 is 16.4 Å². The Morgan fingerprint density at radius 1 is 1.15 bits per heavy atom. The van der Waals surface area contributed by atoms with E-state index in [-0.39, 0.29) is 22.2 Å². The summed E-state index contributed by atoms with van der Waals surface area (Å²) in [6.45, 7) is 0. The zero-order valence-electron chi connectivity index (χ0n) is 9.93. The van der Waals surface area contributed by atoms with Gasteiger partial charge in [-0.2, -0.15) is 15.4 Å². The number of fused-ring (bicyclic) bond motifs is 1. The van der Waals surface area contributed by atoms with Gasteiger partial charge in [0.25, 0.3) is 17.0 Å². The van der Waals surface area contributed by atoms with Gasteiger partial charge in [-0.05, 0) is 12.1 Å². The number of anilines is 1. The highest BCUT2D eigenvalue weighted by Gasteiger charge is 2.13. The summed E-state index contributed by atoms with van der Waals surface area (Å²) in [6.07, 6.45) is 1.25. The maximum atomic E-state index is 11.9. The third-order valence-corrected chi connectivity index (χ3v) is 2.72. The number of hydrogen-bond donors (Lipinski definition) is 4. The van der Waals surface area contributed by atoms with E-state index in [2.05, 4.69) is 30.9 Å². The van der Waals surface area contributed by atoms with E-state index in [9.17, 15) is 14.4 Å². The zero-order chi connectivity index (χ0) is 14.1. The minimum atomic E-state index is -0.536. The summed E-state index contributed by atoms with van der Waals surface area (Å²) in [5.41, 5.74) is -0.654. The van der Waals surface area contributed by atoms with Crippen LogP contribution in [-0.4, -0.2) is 31.5 Å². The number of carbonyl (C=O) groups excluding carboxylic acids is 1. The lowest BCUT2D eigenvalue weighted by Gasteiger charge is -2.05. The van der Waals surface area contributed by atoms with Gasteiger partial charge >= 0.3 is 0 Å². The fourth-order valence-corrected chi connectivity index (χ4v) is 1.83. The van der Waals surface area contributed by atoms with Crippen molar-refractivity contribution in [3.8, 4) is 0 Å². The summed E-state index contributed by atoms with van der Waals surface area (Å²) in [5.74, 6) is -0.536. The van der Waals surface area contributed by atoms with Crippen LogP contribution in [0.4, 0.5) is 5.69 Å². The zero-order valence-corrected chi connectivity index (χ0v) is 9.93. The van der Waals surface area contributed by atoms with Crippen molar-refractivity contribution in [2.24, 2.45) is 0 Å². The molecule has 0 unspecified atom stereocenters. The van der Waals surface area contributed by atoms with Crippen molar-refractivity contribution in [1.82, 2.24) is 25.6 Å². The van der Waals surface area contributed by atoms with Crippen LogP contribution in [0.15, 0.2) is 34.0 Å². The average molecular weight is 272 g/mol. The molecule has 0 saturated heterocycles. The molecule has 3 rings (SSSR count). The Kier molecular flexibility index (Phi) is 2.64. The lowest BCUT2D eigenvalue weighted by molar-refractivity contribution is 0.102. The topological polar surface area (TPSA) is 136 Å². The first-order valence-electron chi connectivity index (χ1n) is 5.57. The van der Waals surface area contributed by atoms with Gasteiger partial charge in [0.05, 0.1) is 22.7 Å². The summed E-state index contributed by atoms with van der Waals surface area (Å²) in [7, 11) is 0. The Labute approximate surface area is 110 Å². The first kappa shape index (κ1) is 11.8. The van der Waals surface area contributed by atoms with Crippen LogP contribution in [-0.2, 0) is 0 Å². The molecule has 2 aromatic heterocycles. The number of H-pyrrole nitrogens is 3. The summed E-state index contributed by atoms with van der Waals surface area (Å²) < 4.78 is 0. The van der Waals surface area contributed by atoms with Crippen LogP contribution in [0, 0.1) is 0 Å². The maximum Gasteiger partial charge on any atom is 0.277 e. The van der Waals surface area contributed by atoms with Gasteiger partial charge in [0.2, 0.25) is 0 Å². The standard InChI is InChI=1S/C11H8N6O3/c18-9-5-2-1-3-6(8(5)11(20)16-15-9)13-10(19)7-4-12-17-14-7/h1-4H,(H,13,19)(H,15,18)(H,16,20)(H,12,14,17). The minimum Gasteiger partial charge on any atom is -0.320 e. The number of nitrogens with one attached hydrogen (secondary N) is 4. The predicted molar refractivity (Wildman–Crippen MR) is 69.5 cm³/mol. The van der Waals surface area contributed by atoms with Gasteiger partial charge in [-0.3, -0.25) is 24.6 Å². The highest BCUT2D eigenvalue weighted by Crippen LogP contribution is 2.17. The molecule has 3 aromatic rings. The van der Waals surface area contributed by atoms with E-state index in [1.807, 2.05) is 0 Å². The molecule has 1 aromatic carbocycles. The summed E-state index contributed by atoms with van der Waals surface area (Å²) in [6, 6.07) is 4.58. The second-order valence-corrected chi connectivity index (χ2v) is 3.95. The number of rotatable bonds is 2. The van der Waals surface area contributed by atoms with Crippen LogP contribution >= 0.6 is 0 Å². The molecule has 100 valence electrons. The van der Waals surface area contributed by atoms with E-state index in [0.29, 0.717) is 0 Å². The first-order valence-corrected chi connectivity index (χ1v) is 5.57. The second-order valence-electron chi connectivity index (χ2n) is 3.95. The minimum absolute atomic E-state index is 0.0725. The number of carbonyl (C=O) groups is 1. The van der Waals surface area contributed by atoms with E-state index >= 15 is 0 Å². The van der Waals surface area contributed by atoms with E-state index < -0.39 is 17.0 Å². The maximum absolute atomic E-state index is 11.9. The largest absolute Gasteiger partial charge is 0.320 e. The van der Waals surface area contributed by atoms with Gasteiger partial charge in [-0.15, -0.1) is 0 Å². The van der Waals surface area contributed by atoms with Crippen molar-refractivity contribution in [1.29, 1.82) is 0 Å². The molecule has 4 N–H and O–H groups in total. The summed E-state index contributed by atoms with van der Waals surface area (Å²) >= 11 is 0. The average Bonchev–Trinajstić information content (AvgIpc) is 2.97. The molecule has 20 heavy (non-hydrogen) atoms. The fraction of sp³-hybridized carbons (Fsp3) is 0. The SMILES string of the molecule is O=C(Nc1cccc2c(=O)[nH][nH]c(=O)c12)c1cn[nH]n1. The number of aromatic nitrogens is 5. The summed E-state index contributed by atoms with van der Waals surface area (Å²) in [5, 5.41) is 16.7. The lowest BCUT2D eigenvalue weighted by atomic mass is 10.1. The molecule has 9 heteroatoms. The lowest BCUT2D eigenvalue weighted by Crippen LogP contribution is -2.21. The van der Waals surface area contributed by atoms with Crippen LogP contribution in [0.2, 0.25) is 0 Å². The molecule has 0 aliphatic carbocycles. The Morgan fingerprint density at radius 2 is 1.95 bits per heavy atom. The van der Waals surface area contributed by atoms with Crippen molar-refractivity contribution in [2.45, 2.75) is 0 Å². The Bertz CT molecular complexity index is 892. The monoisotopic (exact) mass is 272 g/mol. The van der Waals surface area contributed by atoms with Crippen LogP contribution in [0.5, 0.6) is 0 Å². The molecular weight excluding hydrogens is 264 g/mol. The van der Waals surface area contributed by atoms with Crippen molar-refractivity contribution in [3.63, 3.8) is 0 Å². The fourth-order valence-electron chi connectivity index (χ4n) is 1.83.